The van der Waals surface area contributed by atoms with E-state index in [0.717, 1.165) is 15.2 Å². The SMILES string of the molecule is [C-]#[N+]c1ccc(Br)cc1S[C@H]1OC(CO)[C@H](O)[C@H](n2cc(-c3nc(C)cs3)nn2)C1OC. The molecule has 3 heterocycles. The highest BCUT2D eigenvalue weighted by Crippen LogP contribution is 2.43. The number of hydrogen-bond donors (Lipinski definition) is 2. The third-order valence-corrected chi connectivity index (χ3v) is 7.70. The Morgan fingerprint density at radius 1 is 1.44 bits per heavy atom. The van der Waals surface area contributed by atoms with Gasteiger partial charge in [0, 0.05) is 27.6 Å². The van der Waals surface area contributed by atoms with Gasteiger partial charge in [-0.05, 0) is 13.0 Å². The van der Waals surface area contributed by atoms with Crippen molar-refractivity contribution < 1.29 is 19.7 Å². The molecule has 0 spiro atoms. The minimum absolute atomic E-state index is 0.382. The first-order chi connectivity index (χ1) is 15.4. The first kappa shape index (κ1) is 23.3. The summed E-state index contributed by atoms with van der Waals surface area (Å²) in [4.78, 5) is 8.71. The van der Waals surface area contributed by atoms with Crippen LogP contribution in [0.2, 0.25) is 0 Å². The second-order valence-corrected chi connectivity index (χ2v) is 10.0. The summed E-state index contributed by atoms with van der Waals surface area (Å²) >= 11 is 6.20. The number of halogens is 1. The molecule has 1 aromatic carbocycles. The molecule has 0 amide bonds. The van der Waals surface area contributed by atoms with Crippen molar-refractivity contribution in [3.05, 3.63) is 51.4 Å². The van der Waals surface area contributed by atoms with Crippen molar-refractivity contribution in [3.63, 3.8) is 0 Å². The lowest BCUT2D eigenvalue weighted by Crippen LogP contribution is -2.55. The fourth-order valence-electron chi connectivity index (χ4n) is 3.50. The molecule has 32 heavy (non-hydrogen) atoms. The van der Waals surface area contributed by atoms with Gasteiger partial charge >= 0.3 is 0 Å². The number of thiazole rings is 1. The van der Waals surface area contributed by atoms with Gasteiger partial charge in [-0.1, -0.05) is 33.3 Å². The lowest BCUT2D eigenvalue weighted by atomic mass is 9.97. The van der Waals surface area contributed by atoms with Crippen molar-refractivity contribution in [3.8, 4) is 10.7 Å². The van der Waals surface area contributed by atoms with Gasteiger partial charge in [0.25, 0.3) is 0 Å². The number of methoxy groups -OCH3 is 1. The monoisotopic (exact) mass is 537 g/mol. The molecule has 2 unspecified atom stereocenters. The summed E-state index contributed by atoms with van der Waals surface area (Å²) in [5.74, 6) is 0. The van der Waals surface area contributed by atoms with Gasteiger partial charge in [0.2, 0.25) is 5.69 Å². The number of benzene rings is 1. The normalized spacial score (nSPS) is 25.6. The number of thioether (sulfide) groups is 1. The molecular weight excluding hydrogens is 518 g/mol. The van der Waals surface area contributed by atoms with Crippen LogP contribution in [0.5, 0.6) is 0 Å². The summed E-state index contributed by atoms with van der Waals surface area (Å²) in [7, 11) is 1.53. The average molecular weight is 538 g/mol. The zero-order valence-electron chi connectivity index (χ0n) is 17.1. The van der Waals surface area contributed by atoms with Gasteiger partial charge in [-0.25, -0.2) is 14.5 Å². The van der Waals surface area contributed by atoms with Crippen LogP contribution in [0.15, 0.2) is 39.1 Å². The number of aryl methyl sites for hydroxylation is 1. The van der Waals surface area contributed by atoms with Crippen LogP contribution in [-0.2, 0) is 9.47 Å². The van der Waals surface area contributed by atoms with E-state index in [-0.39, 0.29) is 6.61 Å². The van der Waals surface area contributed by atoms with Crippen molar-refractivity contribution >= 4 is 44.7 Å². The molecule has 3 aromatic rings. The van der Waals surface area contributed by atoms with E-state index < -0.39 is 29.8 Å². The Labute approximate surface area is 201 Å². The predicted octanol–water partition coefficient (Wildman–Crippen LogP) is 3.45. The molecule has 0 radical (unpaired) electrons. The molecule has 2 N–H and O–H groups in total. The standard InChI is InChI=1S/C20H20BrN5O4S2/c1-10-9-31-19(23-10)13-7-26(25-24-13)16-17(28)14(8-27)30-20(18(16)29-3)32-15-6-11(21)4-5-12(15)22-2/h4-7,9,14,16-18,20,27-28H,8H2,1,3H3/t14?,16-,17-,18?,20+/m0/s1. The smallest absolute Gasteiger partial charge is 0.200 e. The van der Waals surface area contributed by atoms with Crippen LogP contribution in [0.3, 0.4) is 0 Å². The van der Waals surface area contributed by atoms with Gasteiger partial charge in [0.05, 0.1) is 19.4 Å². The van der Waals surface area contributed by atoms with Crippen LogP contribution < -0.4 is 0 Å². The Hall–Kier alpha value is -1.85. The first-order valence-electron chi connectivity index (χ1n) is 9.60. The van der Waals surface area contributed by atoms with Gasteiger partial charge < -0.3 is 19.7 Å². The molecule has 4 rings (SSSR count). The van der Waals surface area contributed by atoms with E-state index in [1.54, 1.807) is 23.0 Å². The zero-order valence-corrected chi connectivity index (χ0v) is 20.3. The Bertz CT molecular complexity index is 1130. The molecule has 0 aliphatic carbocycles. The molecule has 12 heteroatoms. The van der Waals surface area contributed by atoms with E-state index in [9.17, 15) is 10.2 Å². The fraction of sp³-hybridized carbons (Fsp3) is 0.400. The largest absolute Gasteiger partial charge is 0.394 e. The van der Waals surface area contributed by atoms with Gasteiger partial charge in [-0.3, -0.25) is 0 Å². The Morgan fingerprint density at radius 2 is 2.25 bits per heavy atom. The van der Waals surface area contributed by atoms with Gasteiger partial charge in [0.1, 0.15) is 40.5 Å². The third kappa shape index (κ3) is 4.60. The van der Waals surface area contributed by atoms with Crippen molar-refractivity contribution in [2.24, 2.45) is 0 Å². The zero-order chi connectivity index (χ0) is 22.8. The van der Waals surface area contributed by atoms with E-state index in [1.807, 2.05) is 18.4 Å². The highest BCUT2D eigenvalue weighted by molar-refractivity contribution is 9.10. The number of ether oxygens (including phenoxy) is 2. The highest BCUT2D eigenvalue weighted by Gasteiger charge is 2.47. The number of rotatable bonds is 6. The van der Waals surface area contributed by atoms with Crippen molar-refractivity contribution in [1.82, 2.24) is 20.0 Å². The summed E-state index contributed by atoms with van der Waals surface area (Å²) in [6, 6.07) is 4.68. The maximum atomic E-state index is 11.0. The van der Waals surface area contributed by atoms with Gasteiger partial charge in [0.15, 0.2) is 0 Å². The molecule has 1 saturated heterocycles. The number of hydrogen-bond acceptors (Lipinski definition) is 9. The Kier molecular flexibility index (Phi) is 7.26. The number of aliphatic hydroxyl groups is 2. The summed E-state index contributed by atoms with van der Waals surface area (Å²) in [6.45, 7) is 8.97. The summed E-state index contributed by atoms with van der Waals surface area (Å²) in [6.07, 6.45) is -0.869. The van der Waals surface area contributed by atoms with Crippen molar-refractivity contribution in [2.75, 3.05) is 13.7 Å². The number of aromatic nitrogens is 4. The van der Waals surface area contributed by atoms with Gasteiger partial charge in [-0.2, -0.15) is 0 Å². The molecule has 1 fully saturated rings. The molecule has 1 aliphatic rings. The summed E-state index contributed by atoms with van der Waals surface area (Å²) < 4.78 is 14.1. The lowest BCUT2D eigenvalue weighted by molar-refractivity contribution is -0.186. The second kappa shape index (κ2) is 9.96. The Balaban J connectivity index is 1.68. The quantitative estimate of drug-likeness (QED) is 0.460. The molecular formula is C20H20BrN5O4S2. The average Bonchev–Trinajstić information content (AvgIpc) is 3.43. The van der Waals surface area contributed by atoms with Crippen molar-refractivity contribution in [1.29, 1.82) is 0 Å². The minimum atomic E-state index is -1.09. The molecule has 168 valence electrons. The van der Waals surface area contributed by atoms with Gasteiger partial charge in [-0.15, -0.1) is 28.2 Å². The number of nitrogens with zero attached hydrogens (tertiary/aromatic N) is 5. The highest BCUT2D eigenvalue weighted by atomic mass is 79.9. The van der Waals surface area contributed by atoms with Crippen LogP contribution in [0, 0.1) is 13.5 Å². The second-order valence-electron chi connectivity index (χ2n) is 7.13. The topological polar surface area (TPSA) is 107 Å². The predicted molar refractivity (Wildman–Crippen MR) is 124 cm³/mol. The summed E-state index contributed by atoms with van der Waals surface area (Å²) in [5.41, 5.74) is 1.34. The van der Waals surface area contributed by atoms with Crippen LogP contribution >= 0.6 is 39.0 Å². The van der Waals surface area contributed by atoms with E-state index in [1.165, 1.54) is 30.2 Å². The van der Waals surface area contributed by atoms with Crippen LogP contribution in [0.25, 0.3) is 15.5 Å². The van der Waals surface area contributed by atoms with E-state index >= 15 is 0 Å². The van der Waals surface area contributed by atoms with Crippen LogP contribution in [0.4, 0.5) is 5.69 Å². The van der Waals surface area contributed by atoms with E-state index in [4.69, 9.17) is 16.0 Å². The molecule has 0 bridgehead atoms. The molecule has 2 aromatic heterocycles. The summed E-state index contributed by atoms with van der Waals surface area (Å²) in [5, 5.41) is 31.9. The Morgan fingerprint density at radius 3 is 2.91 bits per heavy atom. The van der Waals surface area contributed by atoms with Crippen LogP contribution in [-0.4, -0.2) is 67.7 Å². The molecule has 9 nitrogen and oxygen atoms in total. The van der Waals surface area contributed by atoms with E-state index in [2.05, 4.69) is 36.1 Å². The van der Waals surface area contributed by atoms with Crippen molar-refractivity contribution in [2.45, 2.75) is 41.6 Å². The van der Waals surface area contributed by atoms with E-state index in [0.29, 0.717) is 16.3 Å². The third-order valence-electron chi connectivity index (χ3n) is 5.04. The fourth-order valence-corrected chi connectivity index (χ4v) is 6.04. The maximum absolute atomic E-state index is 11.0. The first-order valence-corrected chi connectivity index (χ1v) is 12.2. The maximum Gasteiger partial charge on any atom is 0.200 e. The minimum Gasteiger partial charge on any atom is -0.394 e. The molecule has 5 atom stereocenters. The van der Waals surface area contributed by atoms with Crippen LogP contribution in [0.1, 0.15) is 11.7 Å². The lowest BCUT2D eigenvalue weighted by Gasteiger charge is -2.43. The molecule has 1 aliphatic heterocycles. The molecule has 0 saturated carbocycles. The number of aliphatic hydroxyl groups excluding tert-OH is 2.